The maximum atomic E-state index is 12.4. The van der Waals surface area contributed by atoms with Gasteiger partial charge in [-0.05, 0) is 18.9 Å². The molecule has 0 atom stereocenters. The number of carbonyl (C=O) groups excluding carboxylic acids is 2. The predicted molar refractivity (Wildman–Crippen MR) is 88.1 cm³/mol. The molecule has 0 aliphatic carbocycles. The number of benzene rings is 1. The fourth-order valence-electron chi connectivity index (χ4n) is 2.63. The van der Waals surface area contributed by atoms with Crippen LogP contribution in [0.2, 0.25) is 0 Å². The molecule has 1 aliphatic heterocycles. The highest BCUT2D eigenvalue weighted by Gasteiger charge is 2.29. The lowest BCUT2D eigenvalue weighted by Crippen LogP contribution is -2.40. The molecule has 1 fully saturated rings. The van der Waals surface area contributed by atoms with Crippen molar-refractivity contribution in [2.75, 3.05) is 39.9 Å². The van der Waals surface area contributed by atoms with Gasteiger partial charge in [-0.25, -0.2) is 4.79 Å². The van der Waals surface area contributed by atoms with Gasteiger partial charge in [-0.1, -0.05) is 29.8 Å². The number of ether oxygens (including phenoxy) is 1. The molecular formula is C17H25N3O3. The number of nitrogens with zero attached hydrogens (tertiary/aromatic N) is 2. The molecule has 0 radical (unpaired) electrons. The normalized spacial score (nSPS) is 14.4. The maximum absolute atomic E-state index is 12.4. The van der Waals surface area contributed by atoms with Gasteiger partial charge in [0.05, 0.1) is 0 Å². The van der Waals surface area contributed by atoms with Gasteiger partial charge in [0.25, 0.3) is 0 Å². The molecule has 1 aromatic rings. The van der Waals surface area contributed by atoms with Crippen LogP contribution in [-0.2, 0) is 16.1 Å². The van der Waals surface area contributed by atoms with E-state index < -0.39 is 0 Å². The Balaban J connectivity index is 1.78. The van der Waals surface area contributed by atoms with Crippen molar-refractivity contribution < 1.29 is 14.3 Å². The number of amides is 3. The number of hydrogen-bond acceptors (Lipinski definition) is 3. The zero-order valence-electron chi connectivity index (χ0n) is 13.9. The summed E-state index contributed by atoms with van der Waals surface area (Å²) in [7, 11) is 1.63. The third kappa shape index (κ3) is 5.25. The fourth-order valence-corrected chi connectivity index (χ4v) is 2.63. The van der Waals surface area contributed by atoms with Crippen molar-refractivity contribution in [1.29, 1.82) is 0 Å². The number of carbonyl (C=O) groups is 2. The number of methoxy groups -OCH3 is 1. The van der Waals surface area contributed by atoms with E-state index in [0.717, 1.165) is 12.0 Å². The monoisotopic (exact) mass is 319 g/mol. The summed E-state index contributed by atoms with van der Waals surface area (Å²) in [6.07, 6.45) is 0.773. The lowest BCUT2D eigenvalue weighted by atomic mass is 10.1. The maximum Gasteiger partial charge on any atom is 0.320 e. The second kappa shape index (κ2) is 8.53. The first kappa shape index (κ1) is 17.3. The van der Waals surface area contributed by atoms with E-state index in [1.165, 1.54) is 5.56 Å². The molecule has 1 heterocycles. The molecule has 2 rings (SSSR count). The Kier molecular flexibility index (Phi) is 6.40. The summed E-state index contributed by atoms with van der Waals surface area (Å²) in [6, 6.07) is 8.06. The SMILES string of the molecule is COCCCNC(=O)CN1CCN(Cc2cccc(C)c2)C1=O. The standard InChI is InChI=1S/C17H25N3O3/c1-14-5-3-6-15(11-14)12-19-8-9-20(17(19)22)13-16(21)18-7-4-10-23-2/h3,5-6,11H,4,7-10,12-13H2,1-2H3,(H,18,21). The summed E-state index contributed by atoms with van der Waals surface area (Å²) in [5.41, 5.74) is 2.30. The summed E-state index contributed by atoms with van der Waals surface area (Å²) >= 11 is 0. The molecule has 0 bridgehead atoms. The smallest absolute Gasteiger partial charge is 0.320 e. The molecule has 3 amide bonds. The zero-order valence-corrected chi connectivity index (χ0v) is 13.9. The lowest BCUT2D eigenvalue weighted by molar-refractivity contribution is -0.121. The van der Waals surface area contributed by atoms with Crippen LogP contribution >= 0.6 is 0 Å². The van der Waals surface area contributed by atoms with Crippen molar-refractivity contribution in [2.45, 2.75) is 19.9 Å². The van der Waals surface area contributed by atoms with Gasteiger partial charge in [-0.2, -0.15) is 0 Å². The van der Waals surface area contributed by atoms with Crippen molar-refractivity contribution in [3.8, 4) is 0 Å². The van der Waals surface area contributed by atoms with Gasteiger partial charge >= 0.3 is 6.03 Å². The molecule has 6 heteroatoms. The Bertz CT molecular complexity index is 548. The van der Waals surface area contributed by atoms with E-state index in [1.807, 2.05) is 25.1 Å². The van der Waals surface area contributed by atoms with Crippen LogP contribution in [0.5, 0.6) is 0 Å². The molecule has 1 aliphatic rings. The van der Waals surface area contributed by atoms with Crippen LogP contribution in [0.4, 0.5) is 4.79 Å². The summed E-state index contributed by atoms with van der Waals surface area (Å²) in [6.45, 7) is 5.19. The second-order valence-electron chi connectivity index (χ2n) is 5.81. The molecule has 1 saturated heterocycles. The first-order chi connectivity index (χ1) is 11.1. The molecule has 1 aromatic carbocycles. The van der Waals surface area contributed by atoms with E-state index in [-0.39, 0.29) is 18.5 Å². The van der Waals surface area contributed by atoms with E-state index in [4.69, 9.17) is 4.74 Å². The minimum absolute atomic E-state index is 0.0708. The van der Waals surface area contributed by atoms with Gasteiger partial charge in [0.2, 0.25) is 5.91 Å². The van der Waals surface area contributed by atoms with E-state index in [1.54, 1.807) is 16.9 Å². The van der Waals surface area contributed by atoms with Crippen LogP contribution in [-0.4, -0.2) is 61.6 Å². The molecule has 0 aromatic heterocycles. The van der Waals surface area contributed by atoms with Crippen molar-refractivity contribution in [3.63, 3.8) is 0 Å². The number of hydrogen-bond donors (Lipinski definition) is 1. The third-order valence-electron chi connectivity index (χ3n) is 3.82. The van der Waals surface area contributed by atoms with Crippen molar-refractivity contribution in [3.05, 3.63) is 35.4 Å². The molecular weight excluding hydrogens is 294 g/mol. The average molecular weight is 319 g/mol. The van der Waals surface area contributed by atoms with Crippen molar-refractivity contribution in [2.24, 2.45) is 0 Å². The van der Waals surface area contributed by atoms with Gasteiger partial charge in [0.15, 0.2) is 0 Å². The Morgan fingerprint density at radius 2 is 2.09 bits per heavy atom. The second-order valence-corrected chi connectivity index (χ2v) is 5.81. The first-order valence-electron chi connectivity index (χ1n) is 7.95. The van der Waals surface area contributed by atoms with Crippen LogP contribution in [0.25, 0.3) is 0 Å². The summed E-state index contributed by atoms with van der Waals surface area (Å²) < 4.78 is 4.93. The van der Waals surface area contributed by atoms with Crippen LogP contribution in [0.3, 0.4) is 0 Å². The number of aryl methyl sites for hydroxylation is 1. The molecule has 0 unspecified atom stereocenters. The van der Waals surface area contributed by atoms with Crippen LogP contribution in [0.15, 0.2) is 24.3 Å². The third-order valence-corrected chi connectivity index (χ3v) is 3.82. The number of nitrogens with one attached hydrogen (secondary N) is 1. The molecule has 23 heavy (non-hydrogen) atoms. The van der Waals surface area contributed by atoms with Gasteiger partial charge in [0, 0.05) is 39.9 Å². The summed E-state index contributed by atoms with van der Waals surface area (Å²) in [4.78, 5) is 27.6. The molecule has 0 saturated carbocycles. The highest BCUT2D eigenvalue weighted by Crippen LogP contribution is 2.14. The Labute approximate surface area is 137 Å². The first-order valence-corrected chi connectivity index (χ1v) is 7.95. The number of rotatable bonds is 8. The molecule has 126 valence electrons. The molecule has 0 spiro atoms. The molecule has 6 nitrogen and oxygen atoms in total. The largest absolute Gasteiger partial charge is 0.385 e. The lowest BCUT2D eigenvalue weighted by Gasteiger charge is -2.18. The van der Waals surface area contributed by atoms with Crippen LogP contribution < -0.4 is 5.32 Å². The Morgan fingerprint density at radius 3 is 2.83 bits per heavy atom. The topological polar surface area (TPSA) is 61.9 Å². The van der Waals surface area contributed by atoms with Gasteiger partial charge in [-0.15, -0.1) is 0 Å². The van der Waals surface area contributed by atoms with Gasteiger partial charge in [-0.3, -0.25) is 4.79 Å². The van der Waals surface area contributed by atoms with E-state index in [9.17, 15) is 9.59 Å². The van der Waals surface area contributed by atoms with Crippen molar-refractivity contribution >= 4 is 11.9 Å². The summed E-state index contributed by atoms with van der Waals surface area (Å²) in [5, 5.41) is 2.81. The minimum Gasteiger partial charge on any atom is -0.385 e. The summed E-state index contributed by atoms with van der Waals surface area (Å²) in [5.74, 6) is -0.119. The average Bonchev–Trinajstić information content (AvgIpc) is 2.85. The fraction of sp³-hybridized carbons (Fsp3) is 0.529. The van der Waals surface area contributed by atoms with E-state index in [0.29, 0.717) is 32.8 Å². The van der Waals surface area contributed by atoms with Crippen molar-refractivity contribution in [1.82, 2.24) is 15.1 Å². The minimum atomic E-state index is -0.119. The quantitative estimate of drug-likeness (QED) is 0.737. The highest BCUT2D eigenvalue weighted by molar-refractivity contribution is 5.85. The van der Waals surface area contributed by atoms with Crippen LogP contribution in [0.1, 0.15) is 17.5 Å². The molecule has 1 N–H and O–H groups in total. The van der Waals surface area contributed by atoms with E-state index >= 15 is 0 Å². The van der Waals surface area contributed by atoms with E-state index in [2.05, 4.69) is 11.4 Å². The van der Waals surface area contributed by atoms with Crippen LogP contribution in [0, 0.1) is 6.92 Å². The Morgan fingerprint density at radius 1 is 1.30 bits per heavy atom. The van der Waals surface area contributed by atoms with Gasteiger partial charge < -0.3 is 19.9 Å². The zero-order chi connectivity index (χ0) is 16.7. The predicted octanol–water partition coefficient (Wildman–Crippen LogP) is 1.39. The number of urea groups is 1. The highest BCUT2D eigenvalue weighted by atomic mass is 16.5. The van der Waals surface area contributed by atoms with Gasteiger partial charge in [0.1, 0.15) is 6.54 Å². The Hall–Kier alpha value is -2.08.